The van der Waals surface area contributed by atoms with Crippen LogP contribution in [-0.2, 0) is 24.8 Å². The average Bonchev–Trinajstić information content (AvgIpc) is 3.23. The first-order valence-corrected chi connectivity index (χ1v) is 9.63. The van der Waals surface area contributed by atoms with Gasteiger partial charge in [0.05, 0.1) is 35.7 Å². The molecule has 2 atom stereocenters. The zero-order valence-electron chi connectivity index (χ0n) is 12.6. The molecule has 0 radical (unpaired) electrons. The fourth-order valence-corrected chi connectivity index (χ4v) is 5.68. The Balaban J connectivity index is 1.65. The van der Waals surface area contributed by atoms with Crippen LogP contribution >= 0.6 is 0 Å². The maximum absolute atomic E-state index is 14.2. The molecule has 2 aliphatic heterocycles. The van der Waals surface area contributed by atoms with Crippen LogP contribution in [0.3, 0.4) is 0 Å². The molecule has 2 unspecified atom stereocenters. The smallest absolute Gasteiger partial charge is 0.233 e. The highest BCUT2D eigenvalue weighted by molar-refractivity contribution is 7.91. The minimum Gasteiger partial charge on any atom is -0.373 e. The van der Waals surface area contributed by atoms with Crippen LogP contribution < -0.4 is 0 Å². The number of nitrogens with zero attached hydrogens (tertiary/aromatic N) is 1. The number of carbonyl (C=O) groups is 1. The summed E-state index contributed by atoms with van der Waals surface area (Å²) in [5.41, 5.74) is -0.395. The summed E-state index contributed by atoms with van der Waals surface area (Å²) in [5, 5.41) is 0. The summed E-state index contributed by atoms with van der Waals surface area (Å²) in [6, 6.07) is 5.92. The third-order valence-corrected chi connectivity index (χ3v) is 6.83. The maximum atomic E-state index is 14.2. The molecule has 7 heteroatoms. The van der Waals surface area contributed by atoms with Crippen molar-refractivity contribution in [3.63, 3.8) is 0 Å². The molecule has 4 rings (SSSR count). The van der Waals surface area contributed by atoms with Crippen LogP contribution in [0, 0.1) is 5.82 Å². The first-order chi connectivity index (χ1) is 10.9. The Morgan fingerprint density at radius 1 is 1.26 bits per heavy atom. The van der Waals surface area contributed by atoms with Gasteiger partial charge in [-0.05, 0) is 18.9 Å². The Kier molecular flexibility index (Phi) is 3.29. The highest BCUT2D eigenvalue weighted by Gasteiger charge is 2.57. The number of amides is 1. The second-order valence-corrected chi connectivity index (χ2v) is 8.77. The third kappa shape index (κ3) is 2.37. The molecule has 0 aromatic heterocycles. The number of fused-ring (bicyclic) bond motifs is 1. The van der Waals surface area contributed by atoms with Crippen molar-refractivity contribution in [1.82, 2.24) is 4.90 Å². The first kappa shape index (κ1) is 15.1. The van der Waals surface area contributed by atoms with Gasteiger partial charge in [0.2, 0.25) is 5.91 Å². The highest BCUT2D eigenvalue weighted by atomic mass is 32.2. The number of benzene rings is 1. The largest absolute Gasteiger partial charge is 0.373 e. The number of hydrogen-bond donors (Lipinski definition) is 0. The predicted molar refractivity (Wildman–Crippen MR) is 81.2 cm³/mol. The lowest BCUT2D eigenvalue weighted by Crippen LogP contribution is -2.56. The number of morpholine rings is 1. The molecule has 23 heavy (non-hydrogen) atoms. The van der Waals surface area contributed by atoms with E-state index in [9.17, 15) is 17.6 Å². The quantitative estimate of drug-likeness (QED) is 0.802. The predicted octanol–water partition coefficient (Wildman–Crippen LogP) is 0.882. The molecule has 1 saturated carbocycles. The number of ether oxygens (including phenoxy) is 1. The normalized spacial score (nSPS) is 30.7. The van der Waals surface area contributed by atoms with E-state index in [1.165, 1.54) is 6.07 Å². The van der Waals surface area contributed by atoms with Crippen LogP contribution in [0.2, 0.25) is 0 Å². The first-order valence-electron chi connectivity index (χ1n) is 7.81. The van der Waals surface area contributed by atoms with Crippen molar-refractivity contribution in [2.24, 2.45) is 0 Å². The molecule has 1 aliphatic carbocycles. The van der Waals surface area contributed by atoms with Gasteiger partial charge in [-0.1, -0.05) is 18.2 Å². The summed E-state index contributed by atoms with van der Waals surface area (Å²) in [6.45, 7) is 0.696. The Morgan fingerprint density at radius 3 is 2.70 bits per heavy atom. The zero-order chi connectivity index (χ0) is 16.2. The zero-order valence-corrected chi connectivity index (χ0v) is 13.4. The molecule has 3 aliphatic rings. The molecular formula is C16H18FNO4S. The summed E-state index contributed by atoms with van der Waals surface area (Å²) in [6.07, 6.45) is 0.761. The molecule has 1 amide bonds. The molecule has 5 nitrogen and oxygen atoms in total. The summed E-state index contributed by atoms with van der Waals surface area (Å²) in [5.74, 6) is -0.620. The third-order valence-electron chi connectivity index (χ3n) is 5.15. The fourth-order valence-electron chi connectivity index (χ4n) is 3.81. The minimum absolute atomic E-state index is 0.0336. The molecule has 2 heterocycles. The van der Waals surface area contributed by atoms with E-state index in [0.29, 0.717) is 31.6 Å². The van der Waals surface area contributed by atoms with E-state index in [-0.39, 0.29) is 23.2 Å². The van der Waals surface area contributed by atoms with Gasteiger partial charge in [0.15, 0.2) is 9.84 Å². The van der Waals surface area contributed by atoms with Crippen molar-refractivity contribution in [3.8, 4) is 0 Å². The Hall–Kier alpha value is -1.47. The van der Waals surface area contributed by atoms with Crippen LogP contribution in [0.4, 0.5) is 4.39 Å². The van der Waals surface area contributed by atoms with Crippen molar-refractivity contribution in [3.05, 3.63) is 35.6 Å². The maximum Gasteiger partial charge on any atom is 0.233 e. The van der Waals surface area contributed by atoms with E-state index in [1.807, 2.05) is 0 Å². The van der Waals surface area contributed by atoms with Gasteiger partial charge in [0, 0.05) is 12.1 Å². The Bertz CT molecular complexity index is 759. The van der Waals surface area contributed by atoms with Crippen LogP contribution in [0.15, 0.2) is 24.3 Å². The standard InChI is InChI=1S/C16H18FNO4S/c17-12-4-2-1-3-11(12)16(5-6-16)15(19)18-7-8-22-14-10-23(20,21)9-13(14)18/h1-4,13-14H,5-10H2. The Morgan fingerprint density at radius 2 is 2.00 bits per heavy atom. The molecule has 124 valence electrons. The molecule has 2 saturated heterocycles. The summed E-state index contributed by atoms with van der Waals surface area (Å²) >= 11 is 0. The van der Waals surface area contributed by atoms with Gasteiger partial charge in [-0.3, -0.25) is 4.79 Å². The van der Waals surface area contributed by atoms with E-state index >= 15 is 0 Å². The topological polar surface area (TPSA) is 63.7 Å². The minimum atomic E-state index is -3.19. The number of halogens is 1. The lowest BCUT2D eigenvalue weighted by Gasteiger charge is -2.38. The molecule has 0 N–H and O–H groups in total. The van der Waals surface area contributed by atoms with Gasteiger partial charge in [-0.15, -0.1) is 0 Å². The summed E-state index contributed by atoms with van der Waals surface area (Å²) in [4.78, 5) is 14.7. The van der Waals surface area contributed by atoms with Crippen LogP contribution in [0.25, 0.3) is 0 Å². The van der Waals surface area contributed by atoms with Gasteiger partial charge < -0.3 is 9.64 Å². The van der Waals surface area contributed by atoms with Crippen LogP contribution in [0.1, 0.15) is 18.4 Å². The van der Waals surface area contributed by atoms with Gasteiger partial charge in [0.1, 0.15) is 5.82 Å². The van der Waals surface area contributed by atoms with Crippen molar-refractivity contribution < 1.29 is 22.3 Å². The van der Waals surface area contributed by atoms with E-state index in [2.05, 4.69) is 0 Å². The van der Waals surface area contributed by atoms with Crippen LogP contribution in [0.5, 0.6) is 0 Å². The number of carbonyl (C=O) groups excluding carboxylic acids is 1. The summed E-state index contributed by atoms with van der Waals surface area (Å²) in [7, 11) is -3.19. The molecule has 0 bridgehead atoms. The molecule has 1 aromatic carbocycles. The second-order valence-electron chi connectivity index (χ2n) is 6.61. The summed E-state index contributed by atoms with van der Waals surface area (Å²) < 4.78 is 43.4. The van der Waals surface area contributed by atoms with E-state index in [4.69, 9.17) is 4.74 Å². The van der Waals surface area contributed by atoms with Crippen molar-refractivity contribution in [1.29, 1.82) is 0 Å². The average molecular weight is 339 g/mol. The van der Waals surface area contributed by atoms with E-state index in [0.717, 1.165) is 0 Å². The van der Waals surface area contributed by atoms with Crippen molar-refractivity contribution >= 4 is 15.7 Å². The van der Waals surface area contributed by atoms with Gasteiger partial charge in [-0.2, -0.15) is 0 Å². The van der Waals surface area contributed by atoms with Crippen molar-refractivity contribution in [2.45, 2.75) is 30.4 Å². The fraction of sp³-hybridized carbons (Fsp3) is 0.562. The Labute approximate surface area is 134 Å². The van der Waals surface area contributed by atoms with Crippen LogP contribution in [-0.4, -0.2) is 56.0 Å². The molecule has 3 fully saturated rings. The lowest BCUT2D eigenvalue weighted by molar-refractivity contribution is -0.145. The van der Waals surface area contributed by atoms with Gasteiger partial charge >= 0.3 is 0 Å². The number of rotatable bonds is 2. The SMILES string of the molecule is O=C(N1CCOC2CS(=O)(=O)CC21)C1(c2ccccc2F)CC1. The molecule has 1 aromatic rings. The highest BCUT2D eigenvalue weighted by Crippen LogP contribution is 2.51. The molecule has 0 spiro atoms. The lowest BCUT2D eigenvalue weighted by atomic mass is 9.92. The number of hydrogen-bond acceptors (Lipinski definition) is 4. The monoisotopic (exact) mass is 339 g/mol. The number of sulfone groups is 1. The van der Waals surface area contributed by atoms with Gasteiger partial charge in [-0.25, -0.2) is 12.8 Å². The van der Waals surface area contributed by atoms with E-state index < -0.39 is 27.4 Å². The van der Waals surface area contributed by atoms with E-state index in [1.54, 1.807) is 23.1 Å². The van der Waals surface area contributed by atoms with Gasteiger partial charge in [0.25, 0.3) is 0 Å². The second kappa shape index (κ2) is 5.01. The van der Waals surface area contributed by atoms with Crippen molar-refractivity contribution in [2.75, 3.05) is 24.7 Å². The molecular weight excluding hydrogens is 321 g/mol.